The molecule has 2 heterocycles. The zero-order chi connectivity index (χ0) is 11.4. The molecule has 4 heteroatoms. The smallest absolute Gasteiger partial charge is 0.0539 e. The summed E-state index contributed by atoms with van der Waals surface area (Å²) in [5, 5.41) is 7.59. The number of rotatable bonds is 4. The quantitative estimate of drug-likeness (QED) is 0.853. The van der Waals surface area contributed by atoms with Crippen molar-refractivity contribution in [2.24, 2.45) is 0 Å². The minimum absolute atomic E-state index is 0.409. The Labute approximate surface area is 95.3 Å². The van der Waals surface area contributed by atoms with Crippen LogP contribution in [0, 0.1) is 0 Å². The van der Waals surface area contributed by atoms with Crippen LogP contribution in [0.1, 0.15) is 25.5 Å². The van der Waals surface area contributed by atoms with Crippen LogP contribution in [0.3, 0.4) is 0 Å². The summed E-state index contributed by atoms with van der Waals surface area (Å²) in [4.78, 5) is 4.05. The Hall–Kier alpha value is -1.84. The number of pyridine rings is 1. The maximum atomic E-state index is 4.29. The Morgan fingerprint density at radius 1 is 1.38 bits per heavy atom. The Bertz CT molecular complexity index is 433. The first-order valence-electron chi connectivity index (χ1n) is 5.42. The monoisotopic (exact) mass is 216 g/mol. The summed E-state index contributed by atoms with van der Waals surface area (Å²) in [5.41, 5.74) is 2.21. The lowest BCUT2D eigenvalue weighted by atomic mass is 10.3. The molecular weight excluding hydrogens is 200 g/mol. The molecule has 0 fully saturated rings. The van der Waals surface area contributed by atoms with Gasteiger partial charge in [-0.05, 0) is 26.0 Å². The minimum atomic E-state index is 0.409. The summed E-state index contributed by atoms with van der Waals surface area (Å²) in [6.07, 6.45) is 7.53. The van der Waals surface area contributed by atoms with E-state index in [1.54, 1.807) is 6.20 Å². The van der Waals surface area contributed by atoms with Crippen molar-refractivity contribution in [3.63, 3.8) is 0 Å². The molecule has 84 valence electrons. The molecule has 0 amide bonds. The summed E-state index contributed by atoms with van der Waals surface area (Å²) in [6, 6.07) is 4.33. The largest absolute Gasteiger partial charge is 0.380 e. The molecule has 0 aliphatic rings. The molecule has 0 bridgehead atoms. The molecule has 0 aromatic carbocycles. The molecule has 2 rings (SSSR count). The topological polar surface area (TPSA) is 42.7 Å². The Balaban J connectivity index is 1.95. The fraction of sp³-hybridized carbons (Fsp3) is 0.333. The Morgan fingerprint density at radius 2 is 2.25 bits per heavy atom. The number of nitrogens with zero attached hydrogens (tertiary/aromatic N) is 3. The SMILES string of the molecule is CC(C)n1cc(CNc2cccnc2)cn1. The van der Waals surface area contributed by atoms with Gasteiger partial charge in [0.05, 0.1) is 11.9 Å². The van der Waals surface area contributed by atoms with Gasteiger partial charge >= 0.3 is 0 Å². The number of anilines is 1. The van der Waals surface area contributed by atoms with Gasteiger partial charge < -0.3 is 5.32 Å². The molecule has 16 heavy (non-hydrogen) atoms. The highest BCUT2D eigenvalue weighted by molar-refractivity contribution is 5.40. The van der Waals surface area contributed by atoms with E-state index in [-0.39, 0.29) is 0 Å². The lowest BCUT2D eigenvalue weighted by Crippen LogP contribution is -2.01. The Kier molecular flexibility index (Phi) is 3.19. The third kappa shape index (κ3) is 2.59. The van der Waals surface area contributed by atoms with Crippen molar-refractivity contribution in [2.75, 3.05) is 5.32 Å². The van der Waals surface area contributed by atoms with Gasteiger partial charge in [0.2, 0.25) is 0 Å². The van der Waals surface area contributed by atoms with E-state index in [1.807, 2.05) is 29.2 Å². The van der Waals surface area contributed by atoms with Crippen LogP contribution in [-0.2, 0) is 6.54 Å². The van der Waals surface area contributed by atoms with Crippen LogP contribution >= 0.6 is 0 Å². The molecule has 0 aliphatic carbocycles. The van der Waals surface area contributed by atoms with E-state index >= 15 is 0 Å². The van der Waals surface area contributed by atoms with E-state index in [1.165, 1.54) is 5.56 Å². The first kappa shape index (κ1) is 10.7. The number of hydrogen-bond donors (Lipinski definition) is 1. The van der Waals surface area contributed by atoms with Crippen molar-refractivity contribution < 1.29 is 0 Å². The summed E-state index contributed by atoms with van der Waals surface area (Å²) in [6.45, 7) is 5.01. The molecule has 0 unspecified atom stereocenters. The van der Waals surface area contributed by atoms with Gasteiger partial charge in [-0.15, -0.1) is 0 Å². The molecule has 2 aromatic heterocycles. The third-order valence-electron chi connectivity index (χ3n) is 2.34. The molecule has 0 atom stereocenters. The van der Waals surface area contributed by atoms with Gasteiger partial charge in [0.15, 0.2) is 0 Å². The van der Waals surface area contributed by atoms with Gasteiger partial charge in [0.1, 0.15) is 0 Å². The third-order valence-corrected chi connectivity index (χ3v) is 2.34. The number of aromatic nitrogens is 3. The fourth-order valence-electron chi connectivity index (χ4n) is 1.42. The zero-order valence-corrected chi connectivity index (χ0v) is 9.59. The summed E-state index contributed by atoms with van der Waals surface area (Å²) in [7, 11) is 0. The van der Waals surface area contributed by atoms with Crippen LogP contribution in [-0.4, -0.2) is 14.8 Å². The van der Waals surface area contributed by atoms with Gasteiger partial charge in [-0.25, -0.2) is 0 Å². The highest BCUT2D eigenvalue weighted by atomic mass is 15.3. The normalized spacial score (nSPS) is 10.7. The van der Waals surface area contributed by atoms with Crippen LogP contribution in [0.4, 0.5) is 5.69 Å². The lowest BCUT2D eigenvalue weighted by Gasteiger charge is -2.04. The predicted molar refractivity (Wildman–Crippen MR) is 64.2 cm³/mol. The fourth-order valence-corrected chi connectivity index (χ4v) is 1.42. The van der Waals surface area contributed by atoms with E-state index in [4.69, 9.17) is 0 Å². The van der Waals surface area contributed by atoms with Crippen LogP contribution in [0.25, 0.3) is 0 Å². The van der Waals surface area contributed by atoms with Crippen molar-refractivity contribution in [2.45, 2.75) is 26.4 Å². The molecule has 0 radical (unpaired) electrons. The van der Waals surface area contributed by atoms with Crippen molar-refractivity contribution in [1.29, 1.82) is 0 Å². The lowest BCUT2D eigenvalue weighted by molar-refractivity contribution is 0.532. The van der Waals surface area contributed by atoms with Gasteiger partial charge in [0.25, 0.3) is 0 Å². The molecule has 1 N–H and O–H groups in total. The van der Waals surface area contributed by atoms with Crippen LogP contribution in [0.5, 0.6) is 0 Å². The summed E-state index contributed by atoms with van der Waals surface area (Å²) < 4.78 is 1.96. The maximum absolute atomic E-state index is 4.29. The second-order valence-corrected chi connectivity index (χ2v) is 4.02. The van der Waals surface area contributed by atoms with E-state index in [9.17, 15) is 0 Å². The first-order valence-corrected chi connectivity index (χ1v) is 5.42. The van der Waals surface area contributed by atoms with Crippen molar-refractivity contribution in [3.05, 3.63) is 42.5 Å². The maximum Gasteiger partial charge on any atom is 0.0539 e. The predicted octanol–water partition coefficient (Wildman–Crippen LogP) is 2.47. The molecule has 0 spiro atoms. The average molecular weight is 216 g/mol. The van der Waals surface area contributed by atoms with Crippen molar-refractivity contribution in [3.8, 4) is 0 Å². The van der Waals surface area contributed by atoms with E-state index in [2.05, 4.69) is 35.4 Å². The molecule has 2 aromatic rings. The second kappa shape index (κ2) is 4.79. The second-order valence-electron chi connectivity index (χ2n) is 4.02. The summed E-state index contributed by atoms with van der Waals surface area (Å²) in [5.74, 6) is 0. The molecule has 0 saturated heterocycles. The molecule has 0 saturated carbocycles. The molecule has 4 nitrogen and oxygen atoms in total. The number of nitrogens with one attached hydrogen (secondary N) is 1. The van der Waals surface area contributed by atoms with Crippen molar-refractivity contribution in [1.82, 2.24) is 14.8 Å². The van der Waals surface area contributed by atoms with Crippen LogP contribution in [0.15, 0.2) is 36.9 Å². The molecule has 0 aliphatic heterocycles. The van der Waals surface area contributed by atoms with E-state index < -0.39 is 0 Å². The minimum Gasteiger partial charge on any atom is -0.380 e. The first-order chi connectivity index (χ1) is 7.75. The van der Waals surface area contributed by atoms with Crippen LogP contribution in [0.2, 0.25) is 0 Å². The van der Waals surface area contributed by atoms with Gasteiger partial charge in [-0.1, -0.05) is 0 Å². The van der Waals surface area contributed by atoms with Gasteiger partial charge in [-0.3, -0.25) is 9.67 Å². The number of hydrogen-bond acceptors (Lipinski definition) is 3. The highest BCUT2D eigenvalue weighted by Crippen LogP contribution is 2.08. The van der Waals surface area contributed by atoms with E-state index in [0.717, 1.165) is 12.2 Å². The van der Waals surface area contributed by atoms with Crippen LogP contribution < -0.4 is 5.32 Å². The summed E-state index contributed by atoms with van der Waals surface area (Å²) >= 11 is 0. The van der Waals surface area contributed by atoms with Gasteiger partial charge in [-0.2, -0.15) is 5.10 Å². The average Bonchev–Trinajstić information content (AvgIpc) is 2.76. The molecular formula is C12H16N4. The van der Waals surface area contributed by atoms with E-state index in [0.29, 0.717) is 6.04 Å². The van der Waals surface area contributed by atoms with Gasteiger partial charge in [0, 0.05) is 36.7 Å². The zero-order valence-electron chi connectivity index (χ0n) is 9.59. The highest BCUT2D eigenvalue weighted by Gasteiger charge is 2.01. The van der Waals surface area contributed by atoms with Crippen molar-refractivity contribution >= 4 is 5.69 Å². The Morgan fingerprint density at radius 3 is 2.88 bits per heavy atom. The standard InChI is InChI=1S/C12H16N4/c1-10(2)16-9-11(7-15-16)6-14-12-4-3-5-13-8-12/h3-5,7-10,14H,6H2,1-2H3.